The first-order valence-electron chi connectivity index (χ1n) is 8.17. The Kier molecular flexibility index (Phi) is 2.97. The van der Waals surface area contributed by atoms with E-state index < -0.39 is 0 Å². The van der Waals surface area contributed by atoms with Crippen LogP contribution in [0.2, 0.25) is 0 Å². The molecule has 0 atom stereocenters. The van der Waals surface area contributed by atoms with E-state index in [1.807, 2.05) is 45.8 Å². The van der Waals surface area contributed by atoms with Gasteiger partial charge in [-0.05, 0) is 30.2 Å². The molecule has 6 heteroatoms. The molecule has 122 valence electrons. The van der Waals surface area contributed by atoms with Gasteiger partial charge < -0.3 is 14.3 Å². The predicted molar refractivity (Wildman–Crippen MR) is 94.6 cm³/mol. The van der Waals surface area contributed by atoms with Crippen molar-refractivity contribution in [2.45, 2.75) is 6.42 Å². The Morgan fingerprint density at radius 3 is 2.92 bits per heavy atom. The molecule has 0 radical (unpaired) electrons. The molecule has 25 heavy (non-hydrogen) atoms. The fourth-order valence-corrected chi connectivity index (χ4v) is 3.36. The summed E-state index contributed by atoms with van der Waals surface area (Å²) in [5.41, 5.74) is 5.33. The molecule has 0 unspecified atom stereocenters. The fourth-order valence-electron chi connectivity index (χ4n) is 3.36. The van der Waals surface area contributed by atoms with Crippen molar-refractivity contribution in [2.24, 2.45) is 0 Å². The molecule has 0 fully saturated rings. The summed E-state index contributed by atoms with van der Waals surface area (Å²) < 4.78 is 1.88. The lowest BCUT2D eigenvalue weighted by atomic mass is 10.2. The molecule has 4 aromatic rings. The van der Waals surface area contributed by atoms with Crippen molar-refractivity contribution in [2.75, 3.05) is 11.4 Å². The quantitative estimate of drug-likeness (QED) is 0.615. The summed E-state index contributed by atoms with van der Waals surface area (Å²) in [4.78, 5) is 26.4. The van der Waals surface area contributed by atoms with Gasteiger partial charge in [0, 0.05) is 30.2 Å². The van der Waals surface area contributed by atoms with Crippen LogP contribution < -0.4 is 4.90 Å². The summed E-state index contributed by atoms with van der Waals surface area (Å²) in [6, 6.07) is 11.9. The van der Waals surface area contributed by atoms with E-state index in [2.05, 4.69) is 21.0 Å². The highest BCUT2D eigenvalue weighted by Crippen LogP contribution is 2.29. The van der Waals surface area contributed by atoms with Gasteiger partial charge in [-0.25, -0.2) is 9.97 Å². The SMILES string of the molecule is O=C(c1cn2cc(-c3cnc[nH]3)ccc2n1)N1CCc2ccccc21. The van der Waals surface area contributed by atoms with Crippen LogP contribution in [0.5, 0.6) is 0 Å². The second-order valence-corrected chi connectivity index (χ2v) is 6.11. The number of anilines is 1. The topological polar surface area (TPSA) is 66.3 Å². The number of aromatic amines is 1. The summed E-state index contributed by atoms with van der Waals surface area (Å²) >= 11 is 0. The van der Waals surface area contributed by atoms with E-state index in [1.165, 1.54) is 5.56 Å². The second kappa shape index (κ2) is 5.31. The molecule has 0 aliphatic carbocycles. The molecule has 4 heterocycles. The van der Waals surface area contributed by atoms with E-state index in [0.29, 0.717) is 12.2 Å². The number of nitrogens with zero attached hydrogens (tertiary/aromatic N) is 4. The van der Waals surface area contributed by atoms with Gasteiger partial charge in [-0.15, -0.1) is 0 Å². The van der Waals surface area contributed by atoms with E-state index in [9.17, 15) is 4.79 Å². The summed E-state index contributed by atoms with van der Waals surface area (Å²) in [7, 11) is 0. The lowest BCUT2D eigenvalue weighted by Crippen LogP contribution is -2.29. The monoisotopic (exact) mass is 329 g/mol. The number of nitrogens with one attached hydrogen (secondary N) is 1. The lowest BCUT2D eigenvalue weighted by molar-refractivity contribution is 0.0985. The highest BCUT2D eigenvalue weighted by molar-refractivity contribution is 6.06. The molecule has 6 nitrogen and oxygen atoms in total. The number of benzene rings is 1. The number of H-pyrrole nitrogens is 1. The van der Waals surface area contributed by atoms with E-state index in [4.69, 9.17) is 0 Å². The minimum absolute atomic E-state index is 0.0586. The molecular weight excluding hydrogens is 314 g/mol. The summed E-state index contributed by atoms with van der Waals surface area (Å²) in [6.07, 6.45) is 8.04. The number of carbonyl (C=O) groups is 1. The summed E-state index contributed by atoms with van der Waals surface area (Å²) in [6.45, 7) is 0.700. The molecule has 0 bridgehead atoms. The number of fused-ring (bicyclic) bond motifs is 2. The number of rotatable bonds is 2. The van der Waals surface area contributed by atoms with E-state index in [0.717, 1.165) is 29.0 Å². The van der Waals surface area contributed by atoms with Gasteiger partial charge in [-0.1, -0.05) is 18.2 Å². The average molecular weight is 329 g/mol. The Morgan fingerprint density at radius 2 is 2.04 bits per heavy atom. The Bertz CT molecular complexity index is 1080. The second-order valence-electron chi connectivity index (χ2n) is 6.11. The van der Waals surface area contributed by atoms with Crippen molar-refractivity contribution in [1.82, 2.24) is 19.4 Å². The molecule has 1 aliphatic heterocycles. The average Bonchev–Trinajstić information content (AvgIpc) is 3.38. The molecule has 1 amide bonds. The first-order valence-corrected chi connectivity index (χ1v) is 8.17. The third-order valence-corrected chi connectivity index (χ3v) is 4.61. The van der Waals surface area contributed by atoms with Crippen LogP contribution in [0.4, 0.5) is 5.69 Å². The Balaban J connectivity index is 1.52. The molecule has 0 saturated carbocycles. The van der Waals surface area contributed by atoms with Gasteiger partial charge in [0.2, 0.25) is 0 Å². The van der Waals surface area contributed by atoms with Crippen LogP contribution in [0.25, 0.3) is 16.9 Å². The van der Waals surface area contributed by atoms with Gasteiger partial charge in [0.15, 0.2) is 0 Å². The lowest BCUT2D eigenvalue weighted by Gasteiger charge is -2.15. The fraction of sp³-hybridized carbons (Fsp3) is 0.105. The predicted octanol–water partition coefficient (Wildman–Crippen LogP) is 2.93. The summed E-state index contributed by atoms with van der Waals surface area (Å²) in [5, 5.41) is 0. The number of pyridine rings is 1. The molecule has 1 aliphatic rings. The van der Waals surface area contributed by atoms with Crippen molar-refractivity contribution in [1.29, 1.82) is 0 Å². The zero-order chi connectivity index (χ0) is 16.8. The first kappa shape index (κ1) is 14.0. The van der Waals surface area contributed by atoms with E-state index in [-0.39, 0.29) is 5.91 Å². The zero-order valence-electron chi connectivity index (χ0n) is 13.4. The van der Waals surface area contributed by atoms with Crippen molar-refractivity contribution in [3.8, 4) is 11.3 Å². The maximum Gasteiger partial charge on any atom is 0.278 e. The number of carbonyl (C=O) groups excluding carboxylic acids is 1. The largest absolute Gasteiger partial charge is 0.345 e. The third kappa shape index (κ3) is 2.22. The number of aromatic nitrogens is 4. The minimum atomic E-state index is -0.0586. The molecule has 0 saturated heterocycles. The van der Waals surface area contributed by atoms with E-state index >= 15 is 0 Å². The van der Waals surface area contributed by atoms with E-state index in [1.54, 1.807) is 18.7 Å². The maximum absolute atomic E-state index is 12.9. The van der Waals surface area contributed by atoms with Crippen LogP contribution in [0.3, 0.4) is 0 Å². The smallest absolute Gasteiger partial charge is 0.278 e. The van der Waals surface area contributed by atoms with Crippen molar-refractivity contribution in [3.63, 3.8) is 0 Å². The minimum Gasteiger partial charge on any atom is -0.345 e. The summed E-state index contributed by atoms with van der Waals surface area (Å²) in [5.74, 6) is -0.0586. The Morgan fingerprint density at radius 1 is 1.12 bits per heavy atom. The number of para-hydroxylation sites is 1. The molecule has 1 aromatic carbocycles. The molecule has 3 aromatic heterocycles. The first-order chi connectivity index (χ1) is 12.3. The van der Waals surface area contributed by atoms with Crippen LogP contribution in [-0.2, 0) is 6.42 Å². The van der Waals surface area contributed by atoms with Crippen LogP contribution in [0, 0.1) is 0 Å². The standard InChI is InChI=1S/C19H15N5O/c25-19(24-8-7-13-3-1-2-4-17(13)24)16-11-23-10-14(5-6-18(23)22-16)15-9-20-12-21-15/h1-6,9-12H,7-8H2,(H,20,21). The van der Waals surface area contributed by atoms with Gasteiger partial charge in [-0.3, -0.25) is 4.79 Å². The Labute approximate surface area is 143 Å². The van der Waals surface area contributed by atoms with Crippen molar-refractivity contribution in [3.05, 3.63) is 72.6 Å². The van der Waals surface area contributed by atoms with Gasteiger partial charge in [0.25, 0.3) is 5.91 Å². The van der Waals surface area contributed by atoms with Gasteiger partial charge in [-0.2, -0.15) is 0 Å². The third-order valence-electron chi connectivity index (χ3n) is 4.61. The van der Waals surface area contributed by atoms with Crippen LogP contribution in [-0.4, -0.2) is 31.8 Å². The van der Waals surface area contributed by atoms with Crippen LogP contribution in [0.1, 0.15) is 16.1 Å². The molecule has 1 N–H and O–H groups in total. The molecule has 5 rings (SSSR count). The van der Waals surface area contributed by atoms with Gasteiger partial charge in [0.1, 0.15) is 11.3 Å². The molecular formula is C19H15N5O. The maximum atomic E-state index is 12.9. The van der Waals surface area contributed by atoms with Crippen LogP contribution in [0.15, 0.2) is 61.3 Å². The van der Waals surface area contributed by atoms with Crippen molar-refractivity contribution >= 4 is 17.2 Å². The van der Waals surface area contributed by atoms with Crippen LogP contribution >= 0.6 is 0 Å². The Hall–Kier alpha value is -3.41. The highest BCUT2D eigenvalue weighted by Gasteiger charge is 2.26. The number of hydrogen-bond donors (Lipinski definition) is 1. The zero-order valence-corrected chi connectivity index (χ0v) is 13.4. The number of amides is 1. The number of hydrogen-bond acceptors (Lipinski definition) is 3. The number of imidazole rings is 2. The van der Waals surface area contributed by atoms with Gasteiger partial charge in [0.05, 0.1) is 18.2 Å². The normalized spacial score (nSPS) is 13.4. The van der Waals surface area contributed by atoms with Crippen molar-refractivity contribution < 1.29 is 4.79 Å². The highest BCUT2D eigenvalue weighted by atomic mass is 16.2. The molecule has 0 spiro atoms. The van der Waals surface area contributed by atoms with Gasteiger partial charge >= 0.3 is 0 Å².